The smallest absolute Gasteiger partial charge is 0.145 e. The Kier molecular flexibility index (Phi) is 4.85. The van der Waals surface area contributed by atoms with E-state index in [1.807, 2.05) is 16.8 Å². The Bertz CT molecular complexity index is 613. The Morgan fingerprint density at radius 3 is 3.05 bits per heavy atom. The summed E-state index contributed by atoms with van der Waals surface area (Å²) in [5.74, 6) is -0.446. The molecule has 0 fully saturated rings. The van der Waals surface area contributed by atoms with Gasteiger partial charge in [-0.3, -0.25) is 0 Å². The minimum Gasteiger partial charge on any atom is -0.333 e. The van der Waals surface area contributed by atoms with E-state index >= 15 is 0 Å². The van der Waals surface area contributed by atoms with Gasteiger partial charge < -0.3 is 9.88 Å². The zero-order chi connectivity index (χ0) is 14.4. The summed E-state index contributed by atoms with van der Waals surface area (Å²) in [5.41, 5.74) is 1.55. The molecule has 0 saturated carbocycles. The molecule has 5 heteroatoms. The lowest BCUT2D eigenvalue weighted by Crippen LogP contribution is -2.16. The Hall–Kier alpha value is -2.19. The molecular formula is C15H17FN4. The Balaban J connectivity index is 2.06. The van der Waals surface area contributed by atoms with Crippen LogP contribution < -0.4 is 5.32 Å². The molecule has 1 aromatic heterocycles. The standard InChI is InChI=1S/C15H17FN4/c1-2-18-7-6-14-10-20(11-19-14)9-13-5-3-4-12(8-17)15(13)16/h3-5,10-11,18H,2,6-7,9H2,1H3. The van der Waals surface area contributed by atoms with Gasteiger partial charge in [0.15, 0.2) is 0 Å². The SMILES string of the molecule is CCNCCc1cn(Cc2cccc(C#N)c2F)cn1. The molecule has 0 aliphatic rings. The topological polar surface area (TPSA) is 53.6 Å². The Morgan fingerprint density at radius 2 is 2.30 bits per heavy atom. The zero-order valence-electron chi connectivity index (χ0n) is 11.4. The third-order valence-corrected chi connectivity index (χ3v) is 3.05. The van der Waals surface area contributed by atoms with Crippen LogP contribution in [-0.2, 0) is 13.0 Å². The molecule has 0 bridgehead atoms. The zero-order valence-corrected chi connectivity index (χ0v) is 11.4. The molecule has 0 aliphatic carbocycles. The van der Waals surface area contributed by atoms with Gasteiger partial charge in [0.05, 0.1) is 24.1 Å². The van der Waals surface area contributed by atoms with Crippen molar-refractivity contribution in [2.24, 2.45) is 0 Å². The normalized spacial score (nSPS) is 10.4. The number of imidazole rings is 1. The van der Waals surface area contributed by atoms with Crippen molar-refractivity contribution in [2.45, 2.75) is 19.9 Å². The maximum Gasteiger partial charge on any atom is 0.145 e. The van der Waals surface area contributed by atoms with Crippen molar-refractivity contribution in [3.05, 3.63) is 53.4 Å². The molecule has 1 aromatic carbocycles. The number of benzene rings is 1. The van der Waals surface area contributed by atoms with E-state index in [9.17, 15) is 4.39 Å². The van der Waals surface area contributed by atoms with E-state index in [2.05, 4.69) is 17.2 Å². The number of nitrogens with zero attached hydrogens (tertiary/aromatic N) is 3. The fourth-order valence-corrected chi connectivity index (χ4v) is 2.00. The molecule has 0 amide bonds. The summed E-state index contributed by atoms with van der Waals surface area (Å²) < 4.78 is 15.8. The van der Waals surface area contributed by atoms with Crippen LogP contribution in [-0.4, -0.2) is 22.6 Å². The van der Waals surface area contributed by atoms with Crippen molar-refractivity contribution < 1.29 is 4.39 Å². The molecule has 104 valence electrons. The highest BCUT2D eigenvalue weighted by Gasteiger charge is 2.08. The maximum absolute atomic E-state index is 13.9. The van der Waals surface area contributed by atoms with Crippen LogP contribution in [0.25, 0.3) is 0 Å². The first-order valence-corrected chi connectivity index (χ1v) is 6.63. The third kappa shape index (κ3) is 3.43. The second-order valence-corrected chi connectivity index (χ2v) is 4.53. The second-order valence-electron chi connectivity index (χ2n) is 4.53. The first-order valence-electron chi connectivity index (χ1n) is 6.63. The highest BCUT2D eigenvalue weighted by Crippen LogP contribution is 2.13. The molecule has 0 radical (unpaired) electrons. The Labute approximate surface area is 117 Å². The lowest BCUT2D eigenvalue weighted by Gasteiger charge is -2.05. The maximum atomic E-state index is 13.9. The molecule has 20 heavy (non-hydrogen) atoms. The number of aromatic nitrogens is 2. The lowest BCUT2D eigenvalue weighted by atomic mass is 10.1. The second kappa shape index (κ2) is 6.83. The van der Waals surface area contributed by atoms with E-state index in [0.29, 0.717) is 12.1 Å². The highest BCUT2D eigenvalue weighted by atomic mass is 19.1. The van der Waals surface area contributed by atoms with E-state index in [0.717, 1.165) is 25.2 Å². The van der Waals surface area contributed by atoms with Crippen LogP contribution in [0.15, 0.2) is 30.7 Å². The minimum atomic E-state index is -0.446. The van der Waals surface area contributed by atoms with Gasteiger partial charge in [0, 0.05) is 24.7 Å². The van der Waals surface area contributed by atoms with E-state index in [-0.39, 0.29) is 5.56 Å². The molecule has 0 spiro atoms. The molecule has 4 nitrogen and oxygen atoms in total. The molecule has 1 heterocycles. The minimum absolute atomic E-state index is 0.0787. The van der Waals surface area contributed by atoms with Gasteiger partial charge in [0.1, 0.15) is 11.9 Å². The Morgan fingerprint density at radius 1 is 1.45 bits per heavy atom. The monoisotopic (exact) mass is 272 g/mol. The molecule has 2 rings (SSSR count). The van der Waals surface area contributed by atoms with Crippen LogP contribution in [0.3, 0.4) is 0 Å². The van der Waals surface area contributed by atoms with Gasteiger partial charge in [-0.25, -0.2) is 9.37 Å². The van der Waals surface area contributed by atoms with Gasteiger partial charge in [-0.05, 0) is 12.6 Å². The third-order valence-electron chi connectivity index (χ3n) is 3.05. The fourth-order valence-electron chi connectivity index (χ4n) is 2.00. The number of halogens is 1. The van der Waals surface area contributed by atoms with E-state index < -0.39 is 5.82 Å². The van der Waals surface area contributed by atoms with Crippen molar-refractivity contribution in [1.29, 1.82) is 5.26 Å². The van der Waals surface area contributed by atoms with Gasteiger partial charge in [-0.2, -0.15) is 5.26 Å². The van der Waals surface area contributed by atoms with Gasteiger partial charge in [-0.1, -0.05) is 19.1 Å². The molecule has 0 unspecified atom stereocenters. The first-order chi connectivity index (χ1) is 9.74. The average molecular weight is 272 g/mol. The summed E-state index contributed by atoms with van der Waals surface area (Å²) in [6.07, 6.45) is 4.46. The van der Waals surface area contributed by atoms with E-state index in [1.54, 1.807) is 18.5 Å². The number of nitriles is 1. The molecule has 0 aliphatic heterocycles. The predicted molar refractivity (Wildman–Crippen MR) is 74.7 cm³/mol. The number of rotatable bonds is 6. The van der Waals surface area contributed by atoms with Crippen molar-refractivity contribution >= 4 is 0 Å². The van der Waals surface area contributed by atoms with Crippen LogP contribution in [0.5, 0.6) is 0 Å². The molecule has 1 N–H and O–H groups in total. The largest absolute Gasteiger partial charge is 0.333 e. The van der Waals surface area contributed by atoms with Crippen molar-refractivity contribution in [2.75, 3.05) is 13.1 Å². The van der Waals surface area contributed by atoms with Gasteiger partial charge in [0.25, 0.3) is 0 Å². The molecule has 2 aromatic rings. The summed E-state index contributed by atoms with van der Waals surface area (Å²) in [5, 5.41) is 12.1. The van der Waals surface area contributed by atoms with E-state index in [1.165, 1.54) is 6.07 Å². The van der Waals surface area contributed by atoms with Gasteiger partial charge in [-0.15, -0.1) is 0 Å². The molecule has 0 saturated heterocycles. The van der Waals surface area contributed by atoms with Gasteiger partial charge in [0.2, 0.25) is 0 Å². The summed E-state index contributed by atoms with van der Waals surface area (Å²) >= 11 is 0. The number of hydrogen-bond acceptors (Lipinski definition) is 3. The summed E-state index contributed by atoms with van der Waals surface area (Å²) in [6, 6.07) is 6.72. The van der Waals surface area contributed by atoms with Gasteiger partial charge >= 0.3 is 0 Å². The summed E-state index contributed by atoms with van der Waals surface area (Å²) in [6.45, 7) is 4.26. The summed E-state index contributed by atoms with van der Waals surface area (Å²) in [4.78, 5) is 4.29. The quantitative estimate of drug-likeness (QED) is 0.819. The summed E-state index contributed by atoms with van der Waals surface area (Å²) in [7, 11) is 0. The van der Waals surface area contributed by atoms with Crippen LogP contribution in [0.2, 0.25) is 0 Å². The molecular weight excluding hydrogens is 255 g/mol. The number of nitrogens with one attached hydrogen (secondary N) is 1. The van der Waals surface area contributed by atoms with Crippen molar-refractivity contribution in [3.8, 4) is 6.07 Å². The highest BCUT2D eigenvalue weighted by molar-refractivity contribution is 5.35. The predicted octanol–water partition coefficient (Wildman–Crippen LogP) is 2.09. The first kappa shape index (κ1) is 14.2. The fraction of sp³-hybridized carbons (Fsp3) is 0.333. The molecule has 0 atom stereocenters. The van der Waals surface area contributed by atoms with Crippen LogP contribution in [0.1, 0.15) is 23.7 Å². The van der Waals surface area contributed by atoms with Crippen LogP contribution in [0, 0.1) is 17.1 Å². The van der Waals surface area contributed by atoms with Crippen molar-refractivity contribution in [1.82, 2.24) is 14.9 Å². The van der Waals surface area contributed by atoms with Crippen LogP contribution in [0.4, 0.5) is 4.39 Å². The number of hydrogen-bond donors (Lipinski definition) is 1. The van der Waals surface area contributed by atoms with Crippen molar-refractivity contribution in [3.63, 3.8) is 0 Å². The van der Waals surface area contributed by atoms with Crippen LogP contribution >= 0.6 is 0 Å². The van der Waals surface area contributed by atoms with E-state index in [4.69, 9.17) is 5.26 Å². The number of likely N-dealkylation sites (N-methyl/N-ethyl adjacent to an activating group) is 1. The average Bonchev–Trinajstić information content (AvgIpc) is 2.89. The lowest BCUT2D eigenvalue weighted by molar-refractivity contribution is 0.595.